The third kappa shape index (κ3) is 5.43. The van der Waals surface area contributed by atoms with Crippen LogP contribution in [0.15, 0.2) is 30.6 Å². The maximum Gasteiger partial charge on any atom is 0.274 e. The number of hydrogen-bond donors (Lipinski definition) is 1. The number of carbonyl (C=O) groups is 1. The Morgan fingerprint density at radius 1 is 1.19 bits per heavy atom. The van der Waals surface area contributed by atoms with Crippen molar-refractivity contribution < 1.29 is 4.79 Å². The molecule has 3 heterocycles. The molecule has 9 heteroatoms. The van der Waals surface area contributed by atoms with Gasteiger partial charge in [-0.3, -0.25) is 9.69 Å². The molecule has 3 aromatic rings. The highest BCUT2D eigenvalue weighted by Crippen LogP contribution is 2.53. The molecular weight excluding hydrogens is 536 g/mol. The lowest BCUT2D eigenvalue weighted by atomic mass is 9.57. The van der Waals surface area contributed by atoms with E-state index in [0.29, 0.717) is 29.3 Å². The molecule has 0 bridgehead atoms. The maximum absolute atomic E-state index is 13.9. The molecule has 222 valence electrons. The van der Waals surface area contributed by atoms with E-state index < -0.39 is 5.41 Å². The molecular formula is C34H40N8O. The third-order valence-electron chi connectivity index (χ3n) is 9.89. The molecule has 0 spiro atoms. The zero-order valence-electron chi connectivity index (χ0n) is 25.7. The van der Waals surface area contributed by atoms with Crippen molar-refractivity contribution in [1.29, 1.82) is 10.5 Å². The van der Waals surface area contributed by atoms with E-state index in [0.717, 1.165) is 62.4 Å². The number of hydrogen-bond acceptors (Lipinski definition) is 7. The molecule has 43 heavy (non-hydrogen) atoms. The molecule has 1 saturated carbocycles. The van der Waals surface area contributed by atoms with Gasteiger partial charge in [0.05, 0.1) is 28.8 Å². The first kappa shape index (κ1) is 29.0. The minimum Gasteiger partial charge on any atom is -0.321 e. The van der Waals surface area contributed by atoms with Crippen molar-refractivity contribution in [1.82, 2.24) is 24.6 Å². The number of nitrogens with zero attached hydrogens (tertiary/aromatic N) is 7. The van der Waals surface area contributed by atoms with Gasteiger partial charge in [-0.25, -0.2) is 4.98 Å². The van der Waals surface area contributed by atoms with Crippen LogP contribution in [0.5, 0.6) is 0 Å². The van der Waals surface area contributed by atoms with Crippen molar-refractivity contribution in [3.63, 3.8) is 0 Å². The average molecular weight is 577 g/mol. The summed E-state index contributed by atoms with van der Waals surface area (Å²) in [6, 6.07) is 12.1. The van der Waals surface area contributed by atoms with E-state index in [4.69, 9.17) is 4.98 Å². The van der Waals surface area contributed by atoms with Crippen LogP contribution in [0.4, 0.5) is 5.69 Å². The van der Waals surface area contributed by atoms with E-state index in [2.05, 4.69) is 53.3 Å². The summed E-state index contributed by atoms with van der Waals surface area (Å²) in [4.78, 5) is 21.3. The monoisotopic (exact) mass is 576 g/mol. The highest BCUT2D eigenvalue weighted by atomic mass is 16.1. The van der Waals surface area contributed by atoms with Crippen molar-refractivity contribution >= 4 is 11.6 Å². The Morgan fingerprint density at radius 2 is 2.00 bits per heavy atom. The van der Waals surface area contributed by atoms with Crippen molar-refractivity contribution in [2.75, 3.05) is 18.4 Å². The fourth-order valence-electron chi connectivity index (χ4n) is 7.65. The van der Waals surface area contributed by atoms with Crippen LogP contribution in [0.1, 0.15) is 104 Å². The van der Waals surface area contributed by atoms with E-state index in [1.54, 1.807) is 12.4 Å². The topological polar surface area (TPSA) is 124 Å². The summed E-state index contributed by atoms with van der Waals surface area (Å²) < 4.78 is 1.90. The van der Waals surface area contributed by atoms with E-state index in [9.17, 15) is 15.3 Å². The van der Waals surface area contributed by atoms with Crippen LogP contribution in [-0.4, -0.2) is 43.6 Å². The smallest absolute Gasteiger partial charge is 0.274 e. The molecule has 1 aromatic carbocycles. The van der Waals surface area contributed by atoms with Crippen LogP contribution in [0.2, 0.25) is 0 Å². The van der Waals surface area contributed by atoms with Gasteiger partial charge in [-0.2, -0.15) is 10.5 Å². The minimum absolute atomic E-state index is 0.0872. The Labute approximate surface area is 253 Å². The number of carbonyl (C=O) groups excluding carboxylic acids is 1. The van der Waals surface area contributed by atoms with Crippen LogP contribution in [-0.2, 0) is 30.8 Å². The molecule has 2 fully saturated rings. The molecule has 9 nitrogen and oxygen atoms in total. The van der Waals surface area contributed by atoms with E-state index in [-0.39, 0.29) is 17.2 Å². The van der Waals surface area contributed by atoms with Crippen molar-refractivity contribution in [2.24, 2.45) is 18.9 Å². The van der Waals surface area contributed by atoms with Crippen molar-refractivity contribution in [2.45, 2.75) is 83.1 Å². The predicted molar refractivity (Wildman–Crippen MR) is 163 cm³/mol. The number of nitrogens with one attached hydrogen (secondary N) is 1. The quantitative estimate of drug-likeness (QED) is 0.399. The van der Waals surface area contributed by atoms with E-state index in [1.165, 1.54) is 24.0 Å². The number of likely N-dealkylation sites (tertiary alicyclic amines) is 1. The third-order valence-corrected chi connectivity index (χ3v) is 9.89. The summed E-state index contributed by atoms with van der Waals surface area (Å²) >= 11 is 0. The number of piperidine rings is 1. The SMILES string of the molecule is C[C@H]1CCCN(Cc2cc(C(=O)Nc3cc(C#N)cc(C4(c5nncn5C)CC(CC#N)C4)c3)nc3c2CCC3(C)C)C1. The highest BCUT2D eigenvalue weighted by molar-refractivity contribution is 6.03. The molecule has 1 N–H and O–H groups in total. The van der Waals surface area contributed by atoms with Gasteiger partial charge in [-0.15, -0.1) is 10.2 Å². The standard InChI is InChI=1S/C34H40N8O/c1-22-6-5-11-42(19-22)20-25-14-29(39-30-28(25)7-9-33(30,2)3)31(43)38-27-13-24(18-36)12-26(15-27)34(16-23(17-34)8-10-35)32-40-37-21-41(32)4/h12-15,21-23H,5-9,11,16-17,19-20H2,1-4H3,(H,38,43)/t22-,23?,34?/m0/s1. The zero-order chi connectivity index (χ0) is 30.4. The number of rotatable bonds is 7. The summed E-state index contributed by atoms with van der Waals surface area (Å²) in [5.41, 5.74) is 5.30. The van der Waals surface area contributed by atoms with Crippen LogP contribution in [0.3, 0.4) is 0 Å². The number of aromatic nitrogens is 4. The van der Waals surface area contributed by atoms with Crippen LogP contribution < -0.4 is 5.32 Å². The van der Waals surface area contributed by atoms with Gasteiger partial charge in [-0.1, -0.05) is 20.8 Å². The summed E-state index contributed by atoms with van der Waals surface area (Å²) in [6.07, 6.45) is 8.10. The minimum atomic E-state index is -0.478. The molecule has 1 atom stereocenters. The Kier molecular flexibility index (Phi) is 7.56. The van der Waals surface area contributed by atoms with Gasteiger partial charge >= 0.3 is 0 Å². The Balaban J connectivity index is 1.33. The first-order valence-corrected chi connectivity index (χ1v) is 15.5. The number of anilines is 1. The predicted octanol–water partition coefficient (Wildman–Crippen LogP) is 5.40. The Morgan fingerprint density at radius 3 is 2.70 bits per heavy atom. The van der Waals surface area contributed by atoms with Gasteiger partial charge in [0.2, 0.25) is 0 Å². The normalized spacial score (nSPS) is 24.4. The van der Waals surface area contributed by atoms with Gasteiger partial charge in [0.25, 0.3) is 5.91 Å². The molecule has 1 amide bonds. The van der Waals surface area contributed by atoms with E-state index >= 15 is 0 Å². The first-order valence-electron chi connectivity index (χ1n) is 15.5. The number of benzene rings is 1. The van der Waals surface area contributed by atoms with E-state index in [1.807, 2.05) is 29.8 Å². The second-order valence-electron chi connectivity index (χ2n) is 13.7. The number of fused-ring (bicyclic) bond motifs is 1. The molecule has 0 radical (unpaired) electrons. The molecule has 2 aliphatic carbocycles. The fraction of sp³-hybridized carbons (Fsp3) is 0.529. The number of pyridine rings is 1. The largest absolute Gasteiger partial charge is 0.321 e. The highest BCUT2D eigenvalue weighted by Gasteiger charge is 2.50. The first-order chi connectivity index (χ1) is 20.6. The lowest BCUT2D eigenvalue weighted by Gasteiger charge is -2.46. The summed E-state index contributed by atoms with van der Waals surface area (Å²) in [7, 11) is 1.91. The second-order valence-corrected chi connectivity index (χ2v) is 13.7. The van der Waals surface area contributed by atoms with Crippen LogP contribution >= 0.6 is 0 Å². The maximum atomic E-state index is 13.9. The van der Waals surface area contributed by atoms with Gasteiger partial charge in [0, 0.05) is 37.7 Å². The molecule has 6 rings (SSSR count). The lowest BCUT2D eigenvalue weighted by molar-refractivity contribution is 0.102. The van der Waals surface area contributed by atoms with Crippen molar-refractivity contribution in [3.05, 3.63) is 70.1 Å². The number of nitriles is 2. The lowest BCUT2D eigenvalue weighted by Crippen LogP contribution is -2.44. The van der Waals surface area contributed by atoms with Crippen LogP contribution in [0, 0.1) is 34.5 Å². The Hall–Kier alpha value is -4.08. The zero-order valence-corrected chi connectivity index (χ0v) is 25.7. The number of amides is 1. The van der Waals surface area contributed by atoms with Crippen LogP contribution in [0.25, 0.3) is 0 Å². The molecule has 2 aromatic heterocycles. The summed E-state index contributed by atoms with van der Waals surface area (Å²) in [5.74, 6) is 1.45. The number of aryl methyl sites for hydroxylation is 1. The van der Waals surface area contributed by atoms with Gasteiger partial charge in [0.15, 0.2) is 0 Å². The molecule has 1 saturated heterocycles. The Bertz CT molecular complexity index is 1630. The average Bonchev–Trinajstić information content (AvgIpc) is 3.52. The fourth-order valence-corrected chi connectivity index (χ4v) is 7.65. The summed E-state index contributed by atoms with van der Waals surface area (Å²) in [5, 5.41) is 30.9. The molecule has 0 unspecified atom stereocenters. The van der Waals surface area contributed by atoms with Gasteiger partial charge in [0.1, 0.15) is 17.8 Å². The van der Waals surface area contributed by atoms with Crippen molar-refractivity contribution in [3.8, 4) is 12.1 Å². The van der Waals surface area contributed by atoms with Gasteiger partial charge in [-0.05, 0) is 97.9 Å². The summed E-state index contributed by atoms with van der Waals surface area (Å²) in [6.45, 7) is 9.74. The molecule has 1 aliphatic heterocycles. The molecule has 3 aliphatic rings. The second kappa shape index (κ2) is 11.2. The van der Waals surface area contributed by atoms with Gasteiger partial charge < -0.3 is 9.88 Å².